The molecule has 0 spiro atoms. The van der Waals surface area contributed by atoms with Crippen LogP contribution >= 0.6 is 15.9 Å². The summed E-state index contributed by atoms with van der Waals surface area (Å²) in [6, 6.07) is 3.38. The predicted octanol–water partition coefficient (Wildman–Crippen LogP) is 3.01. The van der Waals surface area contributed by atoms with Crippen LogP contribution in [0.1, 0.15) is 44.9 Å². The molecular weight excluding hydrogens is 304 g/mol. The molecule has 1 atom stereocenters. The van der Waals surface area contributed by atoms with Crippen LogP contribution in [0.2, 0.25) is 0 Å². The molecule has 0 bridgehead atoms. The molecule has 1 aliphatic carbocycles. The molecule has 1 saturated carbocycles. The molecule has 19 heavy (non-hydrogen) atoms. The highest BCUT2D eigenvalue weighted by molar-refractivity contribution is 9.10. The monoisotopic (exact) mass is 324 g/mol. The lowest BCUT2D eigenvalue weighted by molar-refractivity contribution is 0.326. The maximum Gasteiger partial charge on any atom is 0.134 e. The average Bonchev–Trinajstić information content (AvgIpc) is 3.10. The van der Waals surface area contributed by atoms with Gasteiger partial charge in [0.15, 0.2) is 0 Å². The SMILES string of the molecule is CC(C)c1nc(Br)cc(NC2CCN(C3CC3)C2)n1. The Balaban J connectivity index is 1.66. The van der Waals surface area contributed by atoms with Gasteiger partial charge in [0.1, 0.15) is 16.2 Å². The fourth-order valence-corrected chi connectivity index (χ4v) is 3.05. The third-order valence-corrected chi connectivity index (χ3v) is 4.27. The number of nitrogens with zero attached hydrogens (tertiary/aromatic N) is 3. The van der Waals surface area contributed by atoms with Crippen molar-refractivity contribution in [2.75, 3.05) is 18.4 Å². The molecule has 1 aromatic heterocycles. The van der Waals surface area contributed by atoms with Crippen molar-refractivity contribution in [3.8, 4) is 0 Å². The van der Waals surface area contributed by atoms with Crippen LogP contribution in [0, 0.1) is 0 Å². The standard InChI is InChI=1S/C14H21BrN4/c1-9(2)14-17-12(15)7-13(18-14)16-10-5-6-19(8-10)11-3-4-11/h7,9-11H,3-6,8H2,1-2H3,(H,16,17,18). The highest BCUT2D eigenvalue weighted by Gasteiger charge is 2.34. The summed E-state index contributed by atoms with van der Waals surface area (Å²) in [5.74, 6) is 2.20. The number of rotatable bonds is 4. The Bertz CT molecular complexity index is 459. The zero-order chi connectivity index (χ0) is 13.4. The van der Waals surface area contributed by atoms with Gasteiger partial charge < -0.3 is 5.32 Å². The van der Waals surface area contributed by atoms with Crippen LogP contribution in [0.15, 0.2) is 10.7 Å². The lowest BCUT2D eigenvalue weighted by Gasteiger charge is -2.17. The van der Waals surface area contributed by atoms with E-state index >= 15 is 0 Å². The average molecular weight is 325 g/mol. The zero-order valence-corrected chi connectivity index (χ0v) is 13.2. The normalized spacial score (nSPS) is 24.1. The summed E-state index contributed by atoms with van der Waals surface area (Å²) in [7, 11) is 0. The summed E-state index contributed by atoms with van der Waals surface area (Å²) in [6.45, 7) is 6.63. The second-order valence-corrected chi connectivity index (χ2v) is 6.76. The summed E-state index contributed by atoms with van der Waals surface area (Å²) in [5.41, 5.74) is 0. The van der Waals surface area contributed by atoms with Gasteiger partial charge in [-0.3, -0.25) is 4.90 Å². The van der Waals surface area contributed by atoms with Crippen LogP contribution in [0.5, 0.6) is 0 Å². The Labute approximate surface area is 123 Å². The van der Waals surface area contributed by atoms with Crippen LogP contribution in [0.25, 0.3) is 0 Å². The number of anilines is 1. The molecule has 1 saturated heterocycles. The third-order valence-electron chi connectivity index (χ3n) is 3.86. The van der Waals surface area contributed by atoms with E-state index in [0.717, 1.165) is 28.8 Å². The smallest absolute Gasteiger partial charge is 0.134 e. The Morgan fingerprint density at radius 3 is 2.79 bits per heavy atom. The van der Waals surface area contributed by atoms with Crippen molar-refractivity contribution < 1.29 is 0 Å². The summed E-state index contributed by atoms with van der Waals surface area (Å²) in [5, 5.41) is 3.57. The van der Waals surface area contributed by atoms with Gasteiger partial charge in [-0.05, 0) is 35.2 Å². The molecule has 5 heteroatoms. The van der Waals surface area contributed by atoms with Crippen molar-refractivity contribution in [2.45, 2.75) is 51.1 Å². The Morgan fingerprint density at radius 2 is 2.11 bits per heavy atom. The van der Waals surface area contributed by atoms with Gasteiger partial charge in [0, 0.05) is 37.2 Å². The van der Waals surface area contributed by atoms with Gasteiger partial charge in [-0.1, -0.05) is 13.8 Å². The van der Waals surface area contributed by atoms with E-state index in [1.54, 1.807) is 0 Å². The van der Waals surface area contributed by atoms with Crippen LogP contribution in [-0.4, -0.2) is 40.0 Å². The molecule has 1 aliphatic heterocycles. The minimum absolute atomic E-state index is 0.351. The molecule has 2 heterocycles. The number of aromatic nitrogens is 2. The molecule has 2 fully saturated rings. The van der Waals surface area contributed by atoms with E-state index in [0.29, 0.717) is 12.0 Å². The van der Waals surface area contributed by atoms with E-state index in [4.69, 9.17) is 0 Å². The van der Waals surface area contributed by atoms with E-state index in [1.807, 2.05) is 6.07 Å². The van der Waals surface area contributed by atoms with Crippen LogP contribution < -0.4 is 5.32 Å². The van der Waals surface area contributed by atoms with Gasteiger partial charge >= 0.3 is 0 Å². The number of hydrogen-bond acceptors (Lipinski definition) is 4. The van der Waals surface area contributed by atoms with Crippen molar-refractivity contribution >= 4 is 21.7 Å². The van der Waals surface area contributed by atoms with Crippen molar-refractivity contribution in [3.05, 3.63) is 16.5 Å². The topological polar surface area (TPSA) is 41.1 Å². The molecule has 0 amide bonds. The Hall–Kier alpha value is -0.680. The van der Waals surface area contributed by atoms with E-state index in [9.17, 15) is 0 Å². The molecule has 0 aromatic carbocycles. The minimum atomic E-state index is 0.351. The largest absolute Gasteiger partial charge is 0.366 e. The molecular formula is C14H21BrN4. The number of halogens is 1. The fourth-order valence-electron chi connectivity index (χ4n) is 2.65. The highest BCUT2D eigenvalue weighted by Crippen LogP contribution is 2.30. The first-order valence-electron chi connectivity index (χ1n) is 7.17. The predicted molar refractivity (Wildman–Crippen MR) is 80.4 cm³/mol. The first kappa shape index (κ1) is 13.3. The van der Waals surface area contributed by atoms with Crippen molar-refractivity contribution in [1.82, 2.24) is 14.9 Å². The maximum absolute atomic E-state index is 4.61. The Kier molecular flexibility index (Phi) is 3.76. The van der Waals surface area contributed by atoms with Gasteiger partial charge in [-0.15, -0.1) is 0 Å². The zero-order valence-electron chi connectivity index (χ0n) is 11.6. The number of likely N-dealkylation sites (tertiary alicyclic amines) is 1. The van der Waals surface area contributed by atoms with Gasteiger partial charge in [-0.25, -0.2) is 9.97 Å². The van der Waals surface area contributed by atoms with E-state index in [1.165, 1.54) is 25.8 Å². The van der Waals surface area contributed by atoms with Crippen molar-refractivity contribution in [2.24, 2.45) is 0 Å². The number of nitrogens with one attached hydrogen (secondary N) is 1. The van der Waals surface area contributed by atoms with Crippen LogP contribution in [0.3, 0.4) is 0 Å². The second-order valence-electron chi connectivity index (χ2n) is 5.94. The van der Waals surface area contributed by atoms with Crippen molar-refractivity contribution in [3.63, 3.8) is 0 Å². The lowest BCUT2D eigenvalue weighted by Crippen LogP contribution is -2.28. The minimum Gasteiger partial charge on any atom is -0.366 e. The molecule has 1 unspecified atom stereocenters. The number of hydrogen-bond donors (Lipinski definition) is 1. The van der Waals surface area contributed by atoms with E-state index in [-0.39, 0.29) is 0 Å². The molecule has 3 rings (SSSR count). The van der Waals surface area contributed by atoms with Gasteiger partial charge in [0.2, 0.25) is 0 Å². The molecule has 0 radical (unpaired) electrons. The quantitative estimate of drug-likeness (QED) is 0.864. The Morgan fingerprint density at radius 1 is 1.32 bits per heavy atom. The molecule has 4 nitrogen and oxygen atoms in total. The first-order valence-corrected chi connectivity index (χ1v) is 7.96. The molecule has 1 N–H and O–H groups in total. The summed E-state index contributed by atoms with van der Waals surface area (Å²) < 4.78 is 0.866. The van der Waals surface area contributed by atoms with E-state index in [2.05, 4.69) is 50.0 Å². The summed E-state index contributed by atoms with van der Waals surface area (Å²) >= 11 is 3.47. The maximum atomic E-state index is 4.61. The highest BCUT2D eigenvalue weighted by atomic mass is 79.9. The lowest BCUT2D eigenvalue weighted by atomic mass is 10.2. The molecule has 104 valence electrons. The summed E-state index contributed by atoms with van der Waals surface area (Å²) in [6.07, 6.45) is 4.00. The third kappa shape index (κ3) is 3.26. The first-order chi connectivity index (χ1) is 9.11. The van der Waals surface area contributed by atoms with Gasteiger partial charge in [0.05, 0.1) is 0 Å². The fraction of sp³-hybridized carbons (Fsp3) is 0.714. The summed E-state index contributed by atoms with van der Waals surface area (Å²) in [4.78, 5) is 11.6. The van der Waals surface area contributed by atoms with Gasteiger partial charge in [-0.2, -0.15) is 0 Å². The molecule has 1 aromatic rings. The molecule has 2 aliphatic rings. The van der Waals surface area contributed by atoms with Crippen LogP contribution in [0.4, 0.5) is 5.82 Å². The second kappa shape index (κ2) is 5.37. The van der Waals surface area contributed by atoms with E-state index < -0.39 is 0 Å². The van der Waals surface area contributed by atoms with Gasteiger partial charge in [0.25, 0.3) is 0 Å². The van der Waals surface area contributed by atoms with Crippen molar-refractivity contribution in [1.29, 1.82) is 0 Å². The van der Waals surface area contributed by atoms with Crippen LogP contribution in [-0.2, 0) is 0 Å².